The lowest BCUT2D eigenvalue weighted by atomic mass is 9.79. The second-order valence-electron chi connectivity index (χ2n) is 4.18. The predicted octanol–water partition coefficient (Wildman–Crippen LogP) is 1.11. The molecule has 1 amide bonds. The maximum absolute atomic E-state index is 12.5. The Labute approximate surface area is 106 Å². The number of rotatable bonds is 4. The van der Waals surface area contributed by atoms with Gasteiger partial charge in [-0.15, -0.1) is 0 Å². The number of carbonyl (C=O) groups is 1. The summed E-state index contributed by atoms with van der Waals surface area (Å²) in [4.78, 5) is 14.4. The first-order valence-electron chi connectivity index (χ1n) is 5.97. The first-order valence-corrected chi connectivity index (χ1v) is 7.13. The van der Waals surface area contributed by atoms with Crippen LogP contribution in [0, 0.1) is 5.41 Å². The standard InChI is InChI=1S/C11H21N3O2S/c1-3-11(4-2,9(12)13-16)10(15)14-5-7-17-8-6-14/h16H,3-8H2,1-2H3,(H2,12,13). The van der Waals surface area contributed by atoms with Crippen molar-refractivity contribution in [1.29, 1.82) is 0 Å². The van der Waals surface area contributed by atoms with Crippen LogP contribution in [0.15, 0.2) is 5.16 Å². The van der Waals surface area contributed by atoms with E-state index in [0.29, 0.717) is 12.8 Å². The fourth-order valence-electron chi connectivity index (χ4n) is 2.19. The van der Waals surface area contributed by atoms with Crippen molar-refractivity contribution in [2.24, 2.45) is 16.3 Å². The van der Waals surface area contributed by atoms with Gasteiger partial charge in [-0.3, -0.25) is 4.79 Å². The molecule has 0 aromatic rings. The summed E-state index contributed by atoms with van der Waals surface area (Å²) in [5.41, 5.74) is 4.89. The van der Waals surface area contributed by atoms with Crippen molar-refractivity contribution in [3.05, 3.63) is 0 Å². The Morgan fingerprint density at radius 2 is 1.94 bits per heavy atom. The van der Waals surface area contributed by atoms with Gasteiger partial charge in [-0.1, -0.05) is 19.0 Å². The number of thioether (sulfide) groups is 1. The second-order valence-corrected chi connectivity index (χ2v) is 5.40. The number of amides is 1. The number of hydrogen-bond donors (Lipinski definition) is 2. The highest BCUT2D eigenvalue weighted by molar-refractivity contribution is 7.99. The molecule has 0 bridgehead atoms. The van der Waals surface area contributed by atoms with E-state index in [-0.39, 0.29) is 11.7 Å². The van der Waals surface area contributed by atoms with E-state index < -0.39 is 5.41 Å². The second kappa shape index (κ2) is 6.14. The van der Waals surface area contributed by atoms with Crippen LogP contribution in [-0.2, 0) is 4.79 Å². The summed E-state index contributed by atoms with van der Waals surface area (Å²) in [7, 11) is 0. The minimum Gasteiger partial charge on any atom is -0.409 e. The van der Waals surface area contributed by atoms with Gasteiger partial charge in [0, 0.05) is 24.6 Å². The molecule has 1 aliphatic heterocycles. The van der Waals surface area contributed by atoms with E-state index in [1.165, 1.54) is 0 Å². The largest absolute Gasteiger partial charge is 0.409 e. The highest BCUT2D eigenvalue weighted by Gasteiger charge is 2.42. The fraction of sp³-hybridized carbons (Fsp3) is 0.818. The topological polar surface area (TPSA) is 78.9 Å². The summed E-state index contributed by atoms with van der Waals surface area (Å²) in [6.07, 6.45) is 1.11. The van der Waals surface area contributed by atoms with Crippen LogP contribution >= 0.6 is 11.8 Å². The summed E-state index contributed by atoms with van der Waals surface area (Å²) in [5, 5.41) is 11.9. The van der Waals surface area contributed by atoms with E-state index in [1.54, 1.807) is 0 Å². The van der Waals surface area contributed by atoms with Gasteiger partial charge in [-0.25, -0.2) is 0 Å². The van der Waals surface area contributed by atoms with Crippen LogP contribution in [0.1, 0.15) is 26.7 Å². The Morgan fingerprint density at radius 1 is 1.41 bits per heavy atom. The van der Waals surface area contributed by atoms with Crippen LogP contribution in [0.3, 0.4) is 0 Å². The maximum atomic E-state index is 12.5. The molecule has 0 atom stereocenters. The van der Waals surface area contributed by atoms with E-state index in [0.717, 1.165) is 24.6 Å². The van der Waals surface area contributed by atoms with Crippen LogP contribution in [0.5, 0.6) is 0 Å². The summed E-state index contributed by atoms with van der Waals surface area (Å²) >= 11 is 1.85. The van der Waals surface area contributed by atoms with E-state index in [1.807, 2.05) is 30.5 Å². The molecule has 0 aromatic carbocycles. The minimum absolute atomic E-state index is 0.00176. The highest BCUT2D eigenvalue weighted by atomic mass is 32.2. The van der Waals surface area contributed by atoms with Gasteiger partial charge in [0.1, 0.15) is 5.41 Å². The van der Waals surface area contributed by atoms with Crippen molar-refractivity contribution < 1.29 is 10.0 Å². The van der Waals surface area contributed by atoms with Crippen molar-refractivity contribution in [2.45, 2.75) is 26.7 Å². The summed E-state index contributed by atoms with van der Waals surface area (Å²) in [5.74, 6) is 1.96. The molecule has 0 spiro atoms. The normalized spacial score (nSPS) is 18.2. The average Bonchev–Trinajstić information content (AvgIpc) is 2.41. The fourth-order valence-corrected chi connectivity index (χ4v) is 3.09. The molecule has 1 saturated heterocycles. The maximum Gasteiger partial charge on any atom is 0.236 e. The Kier molecular flexibility index (Phi) is 5.11. The van der Waals surface area contributed by atoms with Crippen LogP contribution in [0.2, 0.25) is 0 Å². The summed E-state index contributed by atoms with van der Waals surface area (Å²) in [6, 6.07) is 0. The molecule has 0 aromatic heterocycles. The molecule has 1 heterocycles. The molecule has 1 rings (SSSR count). The third-order valence-corrected chi connectivity index (χ3v) is 4.46. The van der Waals surface area contributed by atoms with E-state index in [4.69, 9.17) is 10.9 Å². The molecule has 0 aliphatic carbocycles. The first kappa shape index (κ1) is 14.2. The van der Waals surface area contributed by atoms with Gasteiger partial charge in [0.25, 0.3) is 0 Å². The first-order chi connectivity index (χ1) is 8.12. The van der Waals surface area contributed by atoms with Gasteiger partial charge in [-0.2, -0.15) is 11.8 Å². The van der Waals surface area contributed by atoms with E-state index >= 15 is 0 Å². The third-order valence-electron chi connectivity index (χ3n) is 3.51. The highest BCUT2D eigenvalue weighted by Crippen LogP contribution is 2.30. The molecule has 3 N–H and O–H groups in total. The Balaban J connectivity index is 2.93. The predicted molar refractivity (Wildman–Crippen MR) is 70.3 cm³/mol. The van der Waals surface area contributed by atoms with Gasteiger partial charge < -0.3 is 15.8 Å². The van der Waals surface area contributed by atoms with Gasteiger partial charge in [0.15, 0.2) is 5.84 Å². The lowest BCUT2D eigenvalue weighted by Crippen LogP contribution is -2.52. The van der Waals surface area contributed by atoms with Crippen molar-refractivity contribution >= 4 is 23.5 Å². The van der Waals surface area contributed by atoms with Gasteiger partial charge in [-0.05, 0) is 12.8 Å². The molecule has 1 fully saturated rings. The van der Waals surface area contributed by atoms with Gasteiger partial charge in [0.2, 0.25) is 5.91 Å². The Bertz CT molecular complexity index is 297. The van der Waals surface area contributed by atoms with Crippen molar-refractivity contribution in [3.63, 3.8) is 0 Å². The number of nitrogens with two attached hydrogens (primary N) is 1. The molecule has 0 unspecified atom stereocenters. The molecule has 5 nitrogen and oxygen atoms in total. The van der Waals surface area contributed by atoms with Crippen molar-refractivity contribution in [3.8, 4) is 0 Å². The van der Waals surface area contributed by atoms with Crippen molar-refractivity contribution in [2.75, 3.05) is 24.6 Å². The summed E-state index contributed by atoms with van der Waals surface area (Å²) in [6.45, 7) is 5.31. The molecule has 0 saturated carbocycles. The van der Waals surface area contributed by atoms with Crippen LogP contribution < -0.4 is 5.73 Å². The number of oxime groups is 1. The number of carbonyl (C=O) groups excluding carboxylic acids is 1. The Morgan fingerprint density at radius 3 is 2.35 bits per heavy atom. The van der Waals surface area contributed by atoms with E-state index in [9.17, 15) is 4.79 Å². The van der Waals surface area contributed by atoms with Crippen LogP contribution in [0.4, 0.5) is 0 Å². The molecule has 1 aliphatic rings. The monoisotopic (exact) mass is 259 g/mol. The van der Waals surface area contributed by atoms with Crippen LogP contribution in [0.25, 0.3) is 0 Å². The third kappa shape index (κ3) is 2.68. The van der Waals surface area contributed by atoms with Gasteiger partial charge >= 0.3 is 0 Å². The van der Waals surface area contributed by atoms with Crippen molar-refractivity contribution in [1.82, 2.24) is 4.90 Å². The molecule has 0 radical (unpaired) electrons. The molecule has 17 heavy (non-hydrogen) atoms. The zero-order valence-corrected chi connectivity index (χ0v) is 11.3. The molecular formula is C11H21N3O2S. The lowest BCUT2D eigenvalue weighted by Gasteiger charge is -2.36. The summed E-state index contributed by atoms with van der Waals surface area (Å²) < 4.78 is 0. The number of amidine groups is 1. The lowest BCUT2D eigenvalue weighted by molar-refractivity contribution is -0.138. The smallest absolute Gasteiger partial charge is 0.236 e. The van der Waals surface area contributed by atoms with Crippen LogP contribution in [-0.4, -0.2) is 46.4 Å². The number of hydrogen-bond acceptors (Lipinski definition) is 4. The average molecular weight is 259 g/mol. The molecule has 98 valence electrons. The zero-order valence-electron chi connectivity index (χ0n) is 10.5. The SMILES string of the molecule is CCC(CC)(C(=O)N1CCSCC1)C(N)=NO. The zero-order chi connectivity index (χ0) is 12.9. The molecular weight excluding hydrogens is 238 g/mol. The van der Waals surface area contributed by atoms with Gasteiger partial charge in [0.05, 0.1) is 0 Å². The molecule has 6 heteroatoms. The Hall–Kier alpha value is -0.910. The quantitative estimate of drug-likeness (QED) is 0.343. The minimum atomic E-state index is -0.837. The van der Waals surface area contributed by atoms with E-state index in [2.05, 4.69) is 5.16 Å². The number of nitrogens with zero attached hydrogens (tertiary/aromatic N) is 2.